The Morgan fingerprint density at radius 2 is 1.06 bits per heavy atom. The van der Waals surface area contributed by atoms with Crippen molar-refractivity contribution in [2.24, 2.45) is 0 Å². The van der Waals surface area contributed by atoms with Gasteiger partial charge in [0.2, 0.25) is 0 Å². The third kappa shape index (κ3) is 4.34. The van der Waals surface area contributed by atoms with Gasteiger partial charge in [0.15, 0.2) is 0 Å². The second-order valence-corrected chi connectivity index (χ2v) is 5.04. The van der Waals surface area contributed by atoms with Gasteiger partial charge in [-0.3, -0.25) is 0 Å². The van der Waals surface area contributed by atoms with Crippen LogP contribution in [0.1, 0.15) is 11.1 Å². The van der Waals surface area contributed by atoms with Gasteiger partial charge in [-0.05, 0) is 11.1 Å². The molecule has 0 saturated heterocycles. The van der Waals surface area contributed by atoms with Crippen LogP contribution in [0.15, 0.2) is 72.8 Å². The minimum Gasteiger partial charge on any atom is -0.0799 e. The first-order valence-electron chi connectivity index (χ1n) is 5.95. The van der Waals surface area contributed by atoms with Gasteiger partial charge < -0.3 is 0 Å². The average molecular weight is 299 g/mol. The Bertz CT molecular complexity index is 462. The fraction of sp³-hybridized carbons (Fsp3) is 0.0588. The summed E-state index contributed by atoms with van der Waals surface area (Å²) in [4.78, 5) is 0.248. The molecule has 2 rings (SSSR count). The Morgan fingerprint density at radius 1 is 0.667 bits per heavy atom. The Balaban J connectivity index is 1.95. The molecule has 0 spiro atoms. The van der Waals surface area contributed by atoms with Crippen molar-refractivity contribution in [1.29, 1.82) is 0 Å². The second-order valence-electron chi connectivity index (χ2n) is 3.98. The van der Waals surface area contributed by atoms with Crippen LogP contribution in [0.5, 0.6) is 0 Å². The molecule has 0 N–H and O–H groups in total. The molecule has 18 heavy (non-hydrogen) atoms. The Labute approximate surface area is 117 Å². The zero-order valence-electron chi connectivity index (χ0n) is 10.0. The monoisotopic (exact) mass is 298 g/mol. The fourth-order valence-corrected chi connectivity index (χ4v) is 1.90. The van der Waals surface area contributed by atoms with Crippen molar-refractivity contribution in [3.63, 3.8) is 0 Å². The maximum atomic E-state index is 3.62. The smallest absolute Gasteiger partial charge is 0.0512 e. The minimum atomic E-state index is 0.248. The summed E-state index contributed by atoms with van der Waals surface area (Å²) < 4.78 is 0. The van der Waals surface area contributed by atoms with Crippen molar-refractivity contribution in [2.45, 2.75) is 4.83 Å². The highest BCUT2D eigenvalue weighted by Gasteiger charge is 1.92. The quantitative estimate of drug-likeness (QED) is 0.683. The molecule has 0 saturated carbocycles. The molecule has 2 aromatic carbocycles. The predicted octanol–water partition coefficient (Wildman–Crippen LogP) is 5.18. The van der Waals surface area contributed by atoms with Gasteiger partial charge in [-0.25, -0.2) is 0 Å². The zero-order chi connectivity index (χ0) is 12.6. The Morgan fingerprint density at radius 3 is 1.44 bits per heavy atom. The van der Waals surface area contributed by atoms with Gasteiger partial charge in [0.05, 0.1) is 4.83 Å². The molecule has 0 nitrogen and oxygen atoms in total. The maximum absolute atomic E-state index is 3.62. The SMILES string of the molecule is BrC(C=Cc1ccccc1)/C=C/c1ccccc1. The molecule has 1 heteroatoms. The summed E-state index contributed by atoms with van der Waals surface area (Å²) in [5, 5.41) is 0. The third-order valence-corrected chi connectivity index (χ3v) is 3.15. The van der Waals surface area contributed by atoms with E-state index in [-0.39, 0.29) is 4.83 Å². The van der Waals surface area contributed by atoms with Crippen LogP contribution in [0.3, 0.4) is 0 Å². The van der Waals surface area contributed by atoms with Crippen LogP contribution in [0, 0.1) is 0 Å². The average Bonchev–Trinajstić information content (AvgIpc) is 2.45. The second kappa shape index (κ2) is 6.97. The number of benzene rings is 2. The molecule has 2 aromatic rings. The van der Waals surface area contributed by atoms with Gasteiger partial charge >= 0.3 is 0 Å². The van der Waals surface area contributed by atoms with Crippen LogP contribution in [-0.4, -0.2) is 4.83 Å². The molecule has 90 valence electrons. The van der Waals surface area contributed by atoms with E-state index in [1.54, 1.807) is 0 Å². The lowest BCUT2D eigenvalue weighted by Crippen LogP contribution is -1.84. The first-order valence-corrected chi connectivity index (χ1v) is 6.87. The van der Waals surface area contributed by atoms with Crippen LogP contribution in [0.4, 0.5) is 0 Å². The van der Waals surface area contributed by atoms with Gasteiger partial charge in [0.25, 0.3) is 0 Å². The fourth-order valence-electron chi connectivity index (χ4n) is 1.60. The highest BCUT2D eigenvalue weighted by molar-refractivity contribution is 9.09. The van der Waals surface area contributed by atoms with Crippen LogP contribution in [-0.2, 0) is 0 Å². The zero-order valence-corrected chi connectivity index (χ0v) is 11.6. The lowest BCUT2D eigenvalue weighted by Gasteiger charge is -1.97. The number of hydrogen-bond acceptors (Lipinski definition) is 0. The largest absolute Gasteiger partial charge is 0.0799 e. The maximum Gasteiger partial charge on any atom is 0.0512 e. The lowest BCUT2D eigenvalue weighted by atomic mass is 10.2. The van der Waals surface area contributed by atoms with E-state index in [1.807, 2.05) is 36.4 Å². The first kappa shape index (κ1) is 12.8. The highest BCUT2D eigenvalue weighted by Crippen LogP contribution is 2.10. The van der Waals surface area contributed by atoms with E-state index in [2.05, 4.69) is 64.5 Å². The number of allylic oxidation sites excluding steroid dienone is 2. The van der Waals surface area contributed by atoms with Crippen LogP contribution < -0.4 is 0 Å². The number of rotatable bonds is 4. The van der Waals surface area contributed by atoms with E-state index in [0.717, 1.165) is 0 Å². The molecule has 0 bridgehead atoms. The minimum absolute atomic E-state index is 0.248. The van der Waals surface area contributed by atoms with Crippen LogP contribution in [0.2, 0.25) is 0 Å². The molecule has 0 aliphatic rings. The summed E-state index contributed by atoms with van der Waals surface area (Å²) >= 11 is 3.62. The molecule has 1 unspecified atom stereocenters. The molecule has 0 fully saturated rings. The molecule has 0 radical (unpaired) electrons. The normalized spacial score (nSPS) is 13.2. The van der Waals surface area contributed by atoms with E-state index >= 15 is 0 Å². The third-order valence-electron chi connectivity index (χ3n) is 2.54. The van der Waals surface area contributed by atoms with E-state index in [0.29, 0.717) is 0 Å². The highest BCUT2D eigenvalue weighted by atomic mass is 79.9. The van der Waals surface area contributed by atoms with Crippen molar-refractivity contribution in [3.8, 4) is 0 Å². The summed E-state index contributed by atoms with van der Waals surface area (Å²) in [5.41, 5.74) is 2.44. The topological polar surface area (TPSA) is 0 Å². The summed E-state index contributed by atoms with van der Waals surface area (Å²) in [6, 6.07) is 20.6. The Hall–Kier alpha value is -1.60. The van der Waals surface area contributed by atoms with E-state index in [1.165, 1.54) is 11.1 Å². The van der Waals surface area contributed by atoms with Crippen molar-refractivity contribution < 1.29 is 0 Å². The van der Waals surface area contributed by atoms with Gasteiger partial charge in [0, 0.05) is 0 Å². The lowest BCUT2D eigenvalue weighted by molar-refractivity contribution is 1.47. The number of halogens is 1. The summed E-state index contributed by atoms with van der Waals surface area (Å²) in [7, 11) is 0. The molecular formula is C17H15Br. The van der Waals surface area contributed by atoms with Gasteiger partial charge in [-0.1, -0.05) is 101 Å². The molecule has 0 amide bonds. The molecule has 1 atom stereocenters. The first-order chi connectivity index (χ1) is 8.84. The van der Waals surface area contributed by atoms with Crippen LogP contribution >= 0.6 is 15.9 Å². The van der Waals surface area contributed by atoms with E-state index in [4.69, 9.17) is 0 Å². The standard InChI is InChI=1S/C17H15Br/c18-17(13-11-15-7-3-1-4-8-15)14-12-16-9-5-2-6-10-16/h1-14,17H/b13-11+,14-12?. The van der Waals surface area contributed by atoms with Gasteiger partial charge in [0.1, 0.15) is 0 Å². The molecule has 0 heterocycles. The molecule has 0 aromatic heterocycles. The summed E-state index contributed by atoms with van der Waals surface area (Å²) in [5.74, 6) is 0. The number of alkyl halides is 1. The number of hydrogen-bond donors (Lipinski definition) is 0. The molecule has 0 aliphatic carbocycles. The van der Waals surface area contributed by atoms with E-state index < -0.39 is 0 Å². The van der Waals surface area contributed by atoms with Gasteiger partial charge in [-0.15, -0.1) is 0 Å². The Kier molecular flexibility index (Phi) is 4.98. The summed E-state index contributed by atoms with van der Waals surface area (Å²) in [6.45, 7) is 0. The summed E-state index contributed by atoms with van der Waals surface area (Å²) in [6.07, 6.45) is 8.51. The van der Waals surface area contributed by atoms with E-state index in [9.17, 15) is 0 Å². The van der Waals surface area contributed by atoms with Crippen molar-refractivity contribution in [2.75, 3.05) is 0 Å². The van der Waals surface area contributed by atoms with Crippen molar-refractivity contribution >= 4 is 28.1 Å². The molecule has 0 aliphatic heterocycles. The van der Waals surface area contributed by atoms with Crippen molar-refractivity contribution in [1.82, 2.24) is 0 Å². The predicted molar refractivity (Wildman–Crippen MR) is 83.7 cm³/mol. The van der Waals surface area contributed by atoms with Crippen molar-refractivity contribution in [3.05, 3.63) is 83.9 Å². The molecular weight excluding hydrogens is 284 g/mol. The van der Waals surface area contributed by atoms with Crippen LogP contribution in [0.25, 0.3) is 12.2 Å². The van der Waals surface area contributed by atoms with Gasteiger partial charge in [-0.2, -0.15) is 0 Å².